The van der Waals surface area contributed by atoms with E-state index in [0.717, 1.165) is 0 Å². The molecule has 6 rings (SSSR count). The molecule has 10 nitrogen and oxygen atoms in total. The zero-order chi connectivity index (χ0) is 29.2. The molecule has 5 aromatic rings. The van der Waals surface area contributed by atoms with E-state index in [9.17, 15) is 19.1 Å². The van der Waals surface area contributed by atoms with E-state index in [-0.39, 0.29) is 24.0 Å². The van der Waals surface area contributed by atoms with Gasteiger partial charge in [-0.2, -0.15) is 0 Å². The van der Waals surface area contributed by atoms with Gasteiger partial charge in [-0.1, -0.05) is 0 Å². The number of hydrogen-bond acceptors (Lipinski definition) is 7. The average Bonchev–Trinajstić information content (AvgIpc) is 3.49. The highest BCUT2D eigenvalue weighted by Crippen LogP contribution is 2.44. The van der Waals surface area contributed by atoms with Gasteiger partial charge in [-0.25, -0.2) is 23.5 Å². The third-order valence-electron chi connectivity index (χ3n) is 7.71. The van der Waals surface area contributed by atoms with Crippen LogP contribution in [0, 0.1) is 5.82 Å². The number of hydrogen-bond donors (Lipinski definition) is 3. The van der Waals surface area contributed by atoms with Gasteiger partial charge in [-0.15, -0.1) is 0 Å². The second-order valence-electron chi connectivity index (χ2n) is 10.9. The molecule has 1 aliphatic rings. The van der Waals surface area contributed by atoms with Crippen LogP contribution in [0.3, 0.4) is 0 Å². The van der Waals surface area contributed by atoms with Crippen LogP contribution < -0.4 is 15.6 Å². The number of rotatable bonds is 6. The molecule has 12 heteroatoms. The minimum atomic E-state index is -1.47. The van der Waals surface area contributed by atoms with E-state index in [1.807, 2.05) is 23.9 Å². The number of nitrogens with zero attached hydrogens (tertiary/aromatic N) is 5. The van der Waals surface area contributed by atoms with Gasteiger partial charge in [-0.3, -0.25) is 4.79 Å². The predicted octanol–water partition coefficient (Wildman–Crippen LogP) is 3.99. The van der Waals surface area contributed by atoms with Crippen molar-refractivity contribution in [2.75, 3.05) is 51.0 Å². The molecule has 1 aromatic carbocycles. The Morgan fingerprint density at radius 2 is 2.00 bits per heavy atom. The second kappa shape index (κ2) is 9.51. The van der Waals surface area contributed by atoms with Gasteiger partial charge in [-0.05, 0) is 32.3 Å². The smallest absolute Gasteiger partial charge is 0.341 e. The Labute approximate surface area is 233 Å². The van der Waals surface area contributed by atoms with E-state index in [2.05, 4.69) is 20.3 Å². The number of carboxylic acids is 1. The summed E-state index contributed by atoms with van der Waals surface area (Å²) in [6, 6.07) is 4.41. The van der Waals surface area contributed by atoms with Crippen molar-refractivity contribution in [1.29, 1.82) is 0 Å². The molecular formula is C29H29F2N7O3. The van der Waals surface area contributed by atoms with E-state index in [1.165, 1.54) is 22.9 Å². The average molecular weight is 562 g/mol. The normalized spacial score (nSPS) is 17.4. The number of carbonyl (C=O) groups is 1. The van der Waals surface area contributed by atoms with Crippen LogP contribution in [0.2, 0.25) is 0 Å². The highest BCUT2D eigenvalue weighted by Gasteiger charge is 2.40. The summed E-state index contributed by atoms with van der Waals surface area (Å²) in [6.45, 7) is 0.748. The summed E-state index contributed by atoms with van der Waals surface area (Å²) >= 11 is 0. The molecule has 0 amide bonds. The van der Waals surface area contributed by atoms with Crippen LogP contribution in [0.15, 0.2) is 41.6 Å². The van der Waals surface area contributed by atoms with Crippen molar-refractivity contribution in [2.45, 2.75) is 12.1 Å². The first-order valence-electron chi connectivity index (χ1n) is 13.1. The first-order chi connectivity index (χ1) is 19.5. The lowest BCUT2D eigenvalue weighted by atomic mass is 10.0. The quantitative estimate of drug-likeness (QED) is 0.285. The van der Waals surface area contributed by atoms with Crippen molar-refractivity contribution in [3.8, 4) is 11.1 Å². The van der Waals surface area contributed by atoms with E-state index in [4.69, 9.17) is 0 Å². The fraction of sp³-hybridized carbons (Fsp3) is 0.310. The number of anilines is 2. The van der Waals surface area contributed by atoms with Gasteiger partial charge in [0, 0.05) is 68.7 Å². The number of benzene rings is 1. The molecule has 1 atom stereocenters. The number of H-pyrrole nitrogens is 1. The highest BCUT2D eigenvalue weighted by atomic mass is 19.1. The SMILES string of the molecule is CNc1cc(F)cc2c1[nH]c1ncc(-c3cnc4c(c3)c(=O)c(C(=O)O)cn4C)c(N3CCC(F)(CN(C)C)C3)c12. The molecule has 0 aliphatic carbocycles. The summed E-state index contributed by atoms with van der Waals surface area (Å²) in [7, 11) is 6.98. The molecule has 41 heavy (non-hydrogen) atoms. The Kier molecular flexibility index (Phi) is 6.18. The molecule has 4 aromatic heterocycles. The highest BCUT2D eigenvalue weighted by molar-refractivity contribution is 6.18. The Hall–Kier alpha value is -4.58. The van der Waals surface area contributed by atoms with E-state index in [0.29, 0.717) is 63.1 Å². The first-order valence-corrected chi connectivity index (χ1v) is 13.1. The van der Waals surface area contributed by atoms with Gasteiger partial charge in [0.15, 0.2) is 0 Å². The Morgan fingerprint density at radius 3 is 2.71 bits per heavy atom. The zero-order valence-corrected chi connectivity index (χ0v) is 23.0. The largest absolute Gasteiger partial charge is 0.477 e. The number of aromatic nitrogens is 4. The van der Waals surface area contributed by atoms with Gasteiger partial charge < -0.3 is 29.8 Å². The van der Waals surface area contributed by atoms with Gasteiger partial charge in [0.2, 0.25) is 5.43 Å². The number of alkyl halides is 1. The third kappa shape index (κ3) is 4.34. The summed E-state index contributed by atoms with van der Waals surface area (Å²) in [5.74, 6) is -1.77. The number of aromatic carboxylic acids is 1. The molecule has 0 radical (unpaired) electrons. The van der Waals surface area contributed by atoms with Crippen molar-refractivity contribution in [1.82, 2.24) is 24.4 Å². The third-order valence-corrected chi connectivity index (χ3v) is 7.71. The van der Waals surface area contributed by atoms with Crippen LogP contribution in [0.1, 0.15) is 16.8 Å². The van der Waals surface area contributed by atoms with Crippen LogP contribution in [-0.4, -0.2) is 81.9 Å². The molecule has 1 saturated heterocycles. The number of pyridine rings is 3. The number of fused-ring (bicyclic) bond motifs is 4. The topological polar surface area (TPSA) is 119 Å². The Balaban J connectivity index is 1.65. The van der Waals surface area contributed by atoms with Gasteiger partial charge in [0.1, 0.15) is 28.3 Å². The van der Waals surface area contributed by atoms with Crippen molar-refractivity contribution in [3.05, 3.63) is 58.4 Å². The minimum Gasteiger partial charge on any atom is -0.477 e. The number of aromatic amines is 1. The maximum absolute atomic E-state index is 16.0. The standard InChI is InChI=1S/C29H29F2N7O3/c1-32-21-9-16(30)8-17-22-24(38-6-5-29(31,14-38)13-36(2)3)19(11-33-26(22)35-23(17)21)15-7-18-25(39)20(28(40)41)12-37(4)27(18)34-10-15/h7-12,32H,5-6,13-14H2,1-4H3,(H,33,35)(H,40,41). The van der Waals surface area contributed by atoms with E-state index in [1.54, 1.807) is 32.6 Å². The summed E-state index contributed by atoms with van der Waals surface area (Å²) in [4.78, 5) is 41.0. The van der Waals surface area contributed by atoms with Crippen LogP contribution in [-0.2, 0) is 7.05 Å². The summed E-state index contributed by atoms with van der Waals surface area (Å²) in [6.07, 6.45) is 4.75. The van der Waals surface area contributed by atoms with Crippen LogP contribution >= 0.6 is 0 Å². The molecule has 1 unspecified atom stereocenters. The predicted molar refractivity (Wildman–Crippen MR) is 155 cm³/mol. The molecule has 5 heterocycles. The van der Waals surface area contributed by atoms with Gasteiger partial charge >= 0.3 is 5.97 Å². The lowest BCUT2D eigenvalue weighted by molar-refractivity contribution is 0.0695. The van der Waals surface area contributed by atoms with Gasteiger partial charge in [0.05, 0.1) is 34.2 Å². The lowest BCUT2D eigenvalue weighted by Crippen LogP contribution is -2.38. The molecule has 0 saturated carbocycles. The monoisotopic (exact) mass is 561 g/mol. The van der Waals surface area contributed by atoms with E-state index >= 15 is 4.39 Å². The first kappa shape index (κ1) is 26.6. The molecule has 1 fully saturated rings. The molecule has 0 spiro atoms. The van der Waals surface area contributed by atoms with Crippen molar-refractivity contribution >= 4 is 50.3 Å². The summed E-state index contributed by atoms with van der Waals surface area (Å²) < 4.78 is 32.3. The molecule has 3 N–H and O–H groups in total. The van der Waals surface area contributed by atoms with Crippen LogP contribution in [0.4, 0.5) is 20.2 Å². The van der Waals surface area contributed by atoms with Crippen molar-refractivity contribution in [3.63, 3.8) is 0 Å². The Morgan fingerprint density at radius 1 is 1.22 bits per heavy atom. The van der Waals surface area contributed by atoms with Gasteiger partial charge in [0.25, 0.3) is 0 Å². The van der Waals surface area contributed by atoms with E-state index < -0.39 is 22.9 Å². The maximum Gasteiger partial charge on any atom is 0.341 e. The lowest BCUT2D eigenvalue weighted by Gasteiger charge is -2.27. The molecule has 1 aliphatic heterocycles. The molecule has 0 bridgehead atoms. The van der Waals surface area contributed by atoms with Crippen LogP contribution in [0.5, 0.6) is 0 Å². The maximum atomic E-state index is 16.0. The summed E-state index contributed by atoms with van der Waals surface area (Å²) in [5, 5.41) is 13.9. The fourth-order valence-corrected chi connectivity index (χ4v) is 6.03. The van der Waals surface area contributed by atoms with Crippen molar-refractivity contribution < 1.29 is 18.7 Å². The van der Waals surface area contributed by atoms with Crippen LogP contribution in [0.25, 0.3) is 44.1 Å². The number of carboxylic acid groups (broad SMARTS) is 1. The molecule has 212 valence electrons. The second-order valence-corrected chi connectivity index (χ2v) is 10.9. The number of halogens is 2. The number of aryl methyl sites for hydroxylation is 1. The Bertz CT molecular complexity index is 1930. The summed E-state index contributed by atoms with van der Waals surface area (Å²) in [5.41, 5.74) is 1.25. The minimum absolute atomic E-state index is 0.101. The number of nitrogens with one attached hydrogen (secondary N) is 2. The fourth-order valence-electron chi connectivity index (χ4n) is 6.03. The zero-order valence-electron chi connectivity index (χ0n) is 23.0. The van der Waals surface area contributed by atoms with Crippen molar-refractivity contribution in [2.24, 2.45) is 7.05 Å². The molecular weight excluding hydrogens is 532 g/mol.